The maximum absolute atomic E-state index is 13.7. The van der Waals surface area contributed by atoms with Crippen molar-refractivity contribution in [2.75, 3.05) is 18.5 Å². The van der Waals surface area contributed by atoms with Gasteiger partial charge in [0, 0.05) is 31.3 Å². The van der Waals surface area contributed by atoms with Crippen LogP contribution < -0.4 is 10.7 Å². The van der Waals surface area contributed by atoms with E-state index >= 15 is 0 Å². The molecular weight excluding hydrogens is 443 g/mol. The summed E-state index contributed by atoms with van der Waals surface area (Å²) < 4.78 is 21.4. The molecule has 7 nitrogen and oxygen atoms in total. The van der Waals surface area contributed by atoms with Gasteiger partial charge in [0.2, 0.25) is 0 Å². The molecule has 6 rings (SSSR count). The average Bonchev–Trinajstić information content (AvgIpc) is 2.90. The number of hydrogen-bond acceptors (Lipinski definition) is 6. The van der Waals surface area contributed by atoms with Crippen LogP contribution in [0.15, 0.2) is 84.2 Å². The molecule has 1 saturated heterocycles. The van der Waals surface area contributed by atoms with Gasteiger partial charge in [0.05, 0.1) is 45.7 Å². The van der Waals surface area contributed by atoms with E-state index in [0.717, 1.165) is 52.0 Å². The van der Waals surface area contributed by atoms with Gasteiger partial charge in [-0.15, -0.1) is 0 Å². The van der Waals surface area contributed by atoms with Gasteiger partial charge in [0.15, 0.2) is 0 Å². The third kappa shape index (κ3) is 4.36. The number of nitrogens with zero attached hydrogens (tertiary/aromatic N) is 5. The van der Waals surface area contributed by atoms with Crippen molar-refractivity contribution < 1.29 is 9.13 Å². The van der Waals surface area contributed by atoms with Crippen molar-refractivity contribution in [3.05, 3.63) is 90.4 Å². The van der Waals surface area contributed by atoms with Gasteiger partial charge in [0.25, 0.3) is 0 Å². The fraction of sp³-hybridized carbons (Fsp3) is 0.185. The van der Waals surface area contributed by atoms with Gasteiger partial charge in [-0.25, -0.2) is 14.4 Å². The summed E-state index contributed by atoms with van der Waals surface area (Å²) in [6, 6.07) is 18.7. The highest BCUT2D eigenvalue weighted by molar-refractivity contribution is 5.84. The summed E-state index contributed by atoms with van der Waals surface area (Å²) in [5, 5.41) is 4.18. The summed E-state index contributed by atoms with van der Waals surface area (Å²) in [4.78, 5) is 18.6. The van der Waals surface area contributed by atoms with E-state index in [1.807, 2.05) is 36.4 Å². The zero-order chi connectivity index (χ0) is 23.6. The monoisotopic (exact) mass is 466 g/mol. The summed E-state index contributed by atoms with van der Waals surface area (Å²) in [5.74, 6) is 0.352. The Balaban J connectivity index is 1.62. The molecule has 0 bridgehead atoms. The molecule has 1 fully saturated rings. The number of hydrogen-bond donors (Lipinski definition) is 1. The topological polar surface area (TPSA) is 77.2 Å². The zero-order valence-corrected chi connectivity index (χ0v) is 18.9. The Morgan fingerprint density at radius 3 is 2.63 bits per heavy atom. The molecule has 8 heteroatoms. The highest BCUT2D eigenvalue weighted by atomic mass is 19.1. The molecule has 1 N–H and O–H groups in total. The second-order valence-corrected chi connectivity index (χ2v) is 8.46. The number of benzene rings is 3. The molecule has 174 valence electrons. The summed E-state index contributed by atoms with van der Waals surface area (Å²) in [5.41, 5.74) is 5.08. The molecule has 35 heavy (non-hydrogen) atoms. The first kappa shape index (κ1) is 21.4. The SMILES string of the molecule is Fc1ccc(-n2c3c/c(=N\C4CCOCC4)c(Nc4cnccn4)cc-3nc3ccccc32)cc1. The van der Waals surface area contributed by atoms with Crippen LogP contribution in [0.25, 0.3) is 28.1 Å². The zero-order valence-electron chi connectivity index (χ0n) is 18.9. The lowest BCUT2D eigenvalue weighted by atomic mass is 10.1. The highest BCUT2D eigenvalue weighted by Crippen LogP contribution is 2.30. The first-order chi connectivity index (χ1) is 17.2. The Hall–Kier alpha value is -4.17. The maximum Gasteiger partial charge on any atom is 0.148 e. The van der Waals surface area contributed by atoms with E-state index in [1.54, 1.807) is 30.7 Å². The molecule has 3 heterocycles. The second-order valence-electron chi connectivity index (χ2n) is 8.46. The summed E-state index contributed by atoms with van der Waals surface area (Å²) >= 11 is 0. The van der Waals surface area contributed by atoms with E-state index in [2.05, 4.69) is 19.9 Å². The van der Waals surface area contributed by atoms with E-state index in [0.29, 0.717) is 19.0 Å². The number of halogens is 1. The lowest BCUT2D eigenvalue weighted by Gasteiger charge is -2.21. The smallest absolute Gasteiger partial charge is 0.148 e. The molecule has 0 radical (unpaired) electrons. The fourth-order valence-electron chi connectivity index (χ4n) is 4.43. The van der Waals surface area contributed by atoms with E-state index in [9.17, 15) is 4.39 Å². The van der Waals surface area contributed by atoms with Crippen molar-refractivity contribution in [3.8, 4) is 17.1 Å². The van der Waals surface area contributed by atoms with Crippen molar-refractivity contribution >= 4 is 22.5 Å². The van der Waals surface area contributed by atoms with Gasteiger partial charge >= 0.3 is 0 Å². The number of rotatable bonds is 4. The van der Waals surface area contributed by atoms with Gasteiger partial charge in [-0.05, 0) is 61.4 Å². The Kier molecular flexibility index (Phi) is 5.64. The van der Waals surface area contributed by atoms with Gasteiger partial charge in [-0.3, -0.25) is 9.98 Å². The Morgan fingerprint density at radius 1 is 1.00 bits per heavy atom. The number of para-hydroxylation sites is 2. The summed E-state index contributed by atoms with van der Waals surface area (Å²) in [6.07, 6.45) is 6.70. The van der Waals surface area contributed by atoms with Crippen LogP contribution in [0, 0.1) is 5.82 Å². The largest absolute Gasteiger partial charge is 0.381 e. The number of ether oxygens (including phenoxy) is 1. The van der Waals surface area contributed by atoms with Crippen LogP contribution in [-0.2, 0) is 4.74 Å². The lowest BCUT2D eigenvalue weighted by molar-refractivity contribution is 0.0864. The second kappa shape index (κ2) is 9.23. The maximum atomic E-state index is 13.7. The molecule has 0 spiro atoms. The van der Waals surface area contributed by atoms with E-state index < -0.39 is 0 Å². The third-order valence-electron chi connectivity index (χ3n) is 6.12. The van der Waals surface area contributed by atoms with Gasteiger partial charge in [0.1, 0.15) is 11.6 Å². The van der Waals surface area contributed by atoms with Crippen LogP contribution in [-0.4, -0.2) is 38.8 Å². The lowest BCUT2D eigenvalue weighted by Crippen LogP contribution is -2.23. The molecular formula is C27H23FN6O. The molecule has 0 amide bonds. The average molecular weight is 467 g/mol. The minimum Gasteiger partial charge on any atom is -0.381 e. The van der Waals surface area contributed by atoms with E-state index in [-0.39, 0.29) is 11.9 Å². The van der Waals surface area contributed by atoms with Crippen molar-refractivity contribution in [2.24, 2.45) is 4.99 Å². The standard InChI is InChI=1S/C27H23FN6O/c28-18-5-7-20(8-6-18)34-25-4-2-1-3-21(25)32-24-15-22(33-27-17-29-11-12-30-27)23(16-26(24)34)31-19-9-13-35-14-10-19/h1-8,11-12,15-17,19H,9-10,13-14H2,(H,30,33)/b31-23+. The number of fused-ring (bicyclic) bond motifs is 2. The van der Waals surface area contributed by atoms with Crippen LogP contribution >= 0.6 is 0 Å². The van der Waals surface area contributed by atoms with Crippen molar-refractivity contribution in [1.82, 2.24) is 19.5 Å². The molecule has 2 aromatic carbocycles. The predicted octanol–water partition coefficient (Wildman–Crippen LogP) is 4.88. The minimum absolute atomic E-state index is 0.163. The van der Waals surface area contributed by atoms with Crippen LogP contribution in [0.3, 0.4) is 0 Å². The van der Waals surface area contributed by atoms with Gasteiger partial charge < -0.3 is 14.6 Å². The third-order valence-corrected chi connectivity index (χ3v) is 6.12. The molecule has 3 aromatic rings. The molecule has 2 aliphatic heterocycles. The van der Waals surface area contributed by atoms with Crippen LogP contribution in [0.5, 0.6) is 0 Å². The van der Waals surface area contributed by atoms with Crippen molar-refractivity contribution in [3.63, 3.8) is 0 Å². The van der Waals surface area contributed by atoms with Crippen LogP contribution in [0.2, 0.25) is 0 Å². The molecule has 1 aromatic heterocycles. The molecule has 0 saturated carbocycles. The fourth-order valence-corrected chi connectivity index (χ4v) is 4.43. The first-order valence-corrected chi connectivity index (χ1v) is 11.6. The van der Waals surface area contributed by atoms with Gasteiger partial charge in [-0.1, -0.05) is 12.1 Å². The van der Waals surface area contributed by atoms with Crippen LogP contribution in [0.4, 0.5) is 15.9 Å². The number of anilines is 2. The predicted molar refractivity (Wildman–Crippen MR) is 132 cm³/mol. The highest BCUT2D eigenvalue weighted by Gasteiger charge is 2.18. The van der Waals surface area contributed by atoms with E-state index in [4.69, 9.17) is 14.7 Å². The van der Waals surface area contributed by atoms with Gasteiger partial charge in [-0.2, -0.15) is 0 Å². The van der Waals surface area contributed by atoms with Crippen molar-refractivity contribution in [2.45, 2.75) is 18.9 Å². The Morgan fingerprint density at radius 2 is 1.83 bits per heavy atom. The summed E-state index contributed by atoms with van der Waals surface area (Å²) in [6.45, 7) is 1.41. The molecule has 1 aliphatic carbocycles. The Labute approximate surface area is 201 Å². The first-order valence-electron chi connectivity index (χ1n) is 11.6. The van der Waals surface area contributed by atoms with E-state index in [1.165, 1.54) is 12.1 Å². The van der Waals surface area contributed by atoms with Crippen molar-refractivity contribution in [1.29, 1.82) is 0 Å². The minimum atomic E-state index is -0.275. The number of nitrogens with one attached hydrogen (secondary N) is 1. The molecule has 3 aliphatic rings. The Bertz CT molecular complexity index is 1510. The summed E-state index contributed by atoms with van der Waals surface area (Å²) in [7, 11) is 0. The van der Waals surface area contributed by atoms with Crippen LogP contribution in [0.1, 0.15) is 12.8 Å². The molecule has 0 atom stereocenters. The molecule has 0 unspecified atom stereocenters. The quantitative estimate of drug-likeness (QED) is 0.382. The normalized spacial score (nSPS) is 15.1. The number of aromatic nitrogens is 4.